The van der Waals surface area contributed by atoms with E-state index < -0.39 is 0 Å². The molecule has 2 aromatic heterocycles. The van der Waals surface area contributed by atoms with E-state index in [2.05, 4.69) is 27.8 Å². The van der Waals surface area contributed by atoms with Crippen molar-refractivity contribution in [1.82, 2.24) is 19.8 Å². The predicted molar refractivity (Wildman–Crippen MR) is 113 cm³/mol. The van der Waals surface area contributed by atoms with Gasteiger partial charge in [0.2, 0.25) is 0 Å². The SMILES string of the molecule is Clc1ccc(-c2nnn3c2nc(NCc2ccccc2)c2ccccc23)cc1. The van der Waals surface area contributed by atoms with Gasteiger partial charge in [0.1, 0.15) is 11.5 Å². The largest absolute Gasteiger partial charge is 0.365 e. The third-order valence-corrected chi connectivity index (χ3v) is 4.92. The maximum absolute atomic E-state index is 6.03. The second-order valence-corrected chi connectivity index (χ2v) is 6.93. The molecule has 0 amide bonds. The van der Waals surface area contributed by atoms with Gasteiger partial charge in [-0.15, -0.1) is 5.10 Å². The van der Waals surface area contributed by atoms with Gasteiger partial charge in [-0.25, -0.2) is 4.98 Å². The molecule has 2 heterocycles. The van der Waals surface area contributed by atoms with Crippen LogP contribution in [-0.2, 0) is 6.54 Å². The highest BCUT2D eigenvalue weighted by Crippen LogP contribution is 2.28. The fraction of sp³-hybridized carbons (Fsp3) is 0.0455. The van der Waals surface area contributed by atoms with Gasteiger partial charge in [-0.3, -0.25) is 0 Å². The molecule has 6 heteroatoms. The van der Waals surface area contributed by atoms with E-state index in [-0.39, 0.29) is 0 Å². The van der Waals surface area contributed by atoms with E-state index in [9.17, 15) is 0 Å². The summed E-state index contributed by atoms with van der Waals surface area (Å²) in [5.74, 6) is 0.810. The predicted octanol–water partition coefficient (Wildman–Crippen LogP) is 5.21. The lowest BCUT2D eigenvalue weighted by molar-refractivity contribution is 0.876. The molecule has 0 saturated heterocycles. The van der Waals surface area contributed by atoms with Gasteiger partial charge in [0.15, 0.2) is 5.65 Å². The first-order valence-corrected chi connectivity index (χ1v) is 9.35. The van der Waals surface area contributed by atoms with E-state index in [1.54, 1.807) is 4.52 Å². The van der Waals surface area contributed by atoms with Crippen molar-refractivity contribution in [2.24, 2.45) is 0 Å². The molecule has 5 nitrogen and oxygen atoms in total. The molecule has 3 aromatic carbocycles. The van der Waals surface area contributed by atoms with Crippen molar-refractivity contribution < 1.29 is 0 Å². The van der Waals surface area contributed by atoms with Crippen molar-refractivity contribution in [3.63, 3.8) is 0 Å². The van der Waals surface area contributed by atoms with Crippen LogP contribution in [0.3, 0.4) is 0 Å². The quantitative estimate of drug-likeness (QED) is 0.461. The lowest BCUT2D eigenvalue weighted by Crippen LogP contribution is -2.04. The van der Waals surface area contributed by atoms with Crippen LogP contribution in [0.1, 0.15) is 5.56 Å². The molecule has 1 N–H and O–H groups in total. The van der Waals surface area contributed by atoms with Gasteiger partial charge in [-0.05, 0) is 29.8 Å². The van der Waals surface area contributed by atoms with Crippen LogP contribution in [0.2, 0.25) is 5.02 Å². The molecular formula is C22H16ClN5. The van der Waals surface area contributed by atoms with Crippen LogP contribution in [0.5, 0.6) is 0 Å². The number of aromatic nitrogens is 4. The highest BCUT2D eigenvalue weighted by molar-refractivity contribution is 6.30. The summed E-state index contributed by atoms with van der Waals surface area (Å²) in [5, 5.41) is 13.9. The van der Waals surface area contributed by atoms with Crippen LogP contribution in [-0.4, -0.2) is 19.8 Å². The lowest BCUT2D eigenvalue weighted by atomic mass is 10.1. The molecule has 5 aromatic rings. The number of benzene rings is 3. The highest BCUT2D eigenvalue weighted by atomic mass is 35.5. The van der Waals surface area contributed by atoms with E-state index in [1.807, 2.05) is 66.7 Å². The van der Waals surface area contributed by atoms with Gasteiger partial charge >= 0.3 is 0 Å². The summed E-state index contributed by atoms with van der Waals surface area (Å²) >= 11 is 6.03. The van der Waals surface area contributed by atoms with Crippen LogP contribution in [0.4, 0.5) is 5.82 Å². The molecule has 0 aliphatic carbocycles. The maximum atomic E-state index is 6.03. The normalized spacial score (nSPS) is 11.2. The van der Waals surface area contributed by atoms with E-state index in [4.69, 9.17) is 16.6 Å². The first-order valence-electron chi connectivity index (χ1n) is 8.97. The molecule has 0 bridgehead atoms. The van der Waals surface area contributed by atoms with E-state index in [1.165, 1.54) is 5.56 Å². The number of para-hydroxylation sites is 1. The standard InChI is InChI=1S/C22H16ClN5/c23-17-12-10-16(11-13-17)20-22-25-21(24-14-15-6-2-1-3-7-15)18-8-4-5-9-19(18)28(22)27-26-20/h1-13H,14H2,(H,24,25). The summed E-state index contributed by atoms with van der Waals surface area (Å²) in [6.07, 6.45) is 0. The minimum absolute atomic E-state index is 0.684. The van der Waals surface area contributed by atoms with E-state index >= 15 is 0 Å². The molecule has 5 rings (SSSR count). The Morgan fingerprint density at radius 2 is 1.61 bits per heavy atom. The zero-order valence-corrected chi connectivity index (χ0v) is 15.6. The second kappa shape index (κ2) is 6.94. The van der Waals surface area contributed by atoms with Gasteiger partial charge < -0.3 is 5.32 Å². The Hall–Kier alpha value is -3.44. The number of fused-ring (bicyclic) bond motifs is 3. The molecule has 0 radical (unpaired) electrons. The summed E-state index contributed by atoms with van der Waals surface area (Å²) in [4.78, 5) is 4.87. The third kappa shape index (κ3) is 2.96. The van der Waals surface area contributed by atoms with Crippen molar-refractivity contribution in [3.05, 3.63) is 89.4 Å². The molecule has 28 heavy (non-hydrogen) atoms. The second-order valence-electron chi connectivity index (χ2n) is 6.50. The minimum atomic E-state index is 0.684. The van der Waals surface area contributed by atoms with Crippen molar-refractivity contribution >= 4 is 34.0 Å². The summed E-state index contributed by atoms with van der Waals surface area (Å²) in [6.45, 7) is 0.686. The fourth-order valence-electron chi connectivity index (χ4n) is 3.28. The number of halogens is 1. The Bertz CT molecular complexity index is 1260. The molecule has 0 saturated carbocycles. The zero-order valence-electron chi connectivity index (χ0n) is 14.9. The lowest BCUT2D eigenvalue weighted by Gasteiger charge is -2.10. The Morgan fingerprint density at radius 3 is 2.43 bits per heavy atom. The summed E-state index contributed by atoms with van der Waals surface area (Å²) in [7, 11) is 0. The molecule has 0 atom stereocenters. The number of nitrogens with zero attached hydrogens (tertiary/aromatic N) is 4. The van der Waals surface area contributed by atoms with Crippen LogP contribution < -0.4 is 5.32 Å². The van der Waals surface area contributed by atoms with Crippen molar-refractivity contribution in [2.45, 2.75) is 6.54 Å². The molecule has 0 spiro atoms. The molecule has 136 valence electrons. The highest BCUT2D eigenvalue weighted by Gasteiger charge is 2.15. The third-order valence-electron chi connectivity index (χ3n) is 4.67. The minimum Gasteiger partial charge on any atom is -0.365 e. The Morgan fingerprint density at radius 1 is 0.857 bits per heavy atom. The first kappa shape index (κ1) is 16.7. The van der Waals surface area contributed by atoms with E-state index in [0.29, 0.717) is 17.2 Å². The summed E-state index contributed by atoms with van der Waals surface area (Å²) in [6, 6.07) is 25.9. The van der Waals surface area contributed by atoms with Crippen molar-refractivity contribution in [1.29, 1.82) is 0 Å². The number of hydrogen-bond acceptors (Lipinski definition) is 4. The van der Waals surface area contributed by atoms with E-state index in [0.717, 1.165) is 28.0 Å². The zero-order chi connectivity index (χ0) is 18.9. The number of anilines is 1. The van der Waals surface area contributed by atoms with Gasteiger partial charge in [-0.1, -0.05) is 71.4 Å². The molecule has 0 aliphatic heterocycles. The average molecular weight is 386 g/mol. The van der Waals surface area contributed by atoms with Gasteiger partial charge in [0.05, 0.1) is 5.52 Å². The molecule has 0 fully saturated rings. The summed E-state index contributed by atoms with van der Waals surface area (Å²) < 4.78 is 1.78. The Kier molecular flexibility index (Phi) is 4.14. The Balaban J connectivity index is 1.65. The van der Waals surface area contributed by atoms with Crippen LogP contribution in [0.25, 0.3) is 27.8 Å². The number of nitrogens with one attached hydrogen (secondary N) is 1. The maximum Gasteiger partial charge on any atom is 0.186 e. The fourth-order valence-corrected chi connectivity index (χ4v) is 3.40. The molecule has 0 aliphatic rings. The monoisotopic (exact) mass is 385 g/mol. The Labute approximate surface area is 166 Å². The first-order chi connectivity index (χ1) is 13.8. The van der Waals surface area contributed by atoms with Gasteiger partial charge in [-0.2, -0.15) is 4.52 Å². The van der Waals surface area contributed by atoms with Gasteiger partial charge in [0.25, 0.3) is 0 Å². The van der Waals surface area contributed by atoms with Crippen molar-refractivity contribution in [3.8, 4) is 11.3 Å². The molecule has 0 unspecified atom stereocenters. The van der Waals surface area contributed by atoms with Crippen molar-refractivity contribution in [2.75, 3.05) is 5.32 Å². The van der Waals surface area contributed by atoms with Crippen LogP contribution in [0, 0.1) is 0 Å². The number of hydrogen-bond donors (Lipinski definition) is 1. The topological polar surface area (TPSA) is 55.1 Å². The molecular weight excluding hydrogens is 370 g/mol. The summed E-state index contributed by atoms with van der Waals surface area (Å²) in [5.41, 5.74) is 4.51. The average Bonchev–Trinajstić information content (AvgIpc) is 3.17. The van der Waals surface area contributed by atoms with Crippen LogP contribution >= 0.6 is 11.6 Å². The smallest absolute Gasteiger partial charge is 0.186 e. The van der Waals surface area contributed by atoms with Crippen LogP contribution in [0.15, 0.2) is 78.9 Å². The van der Waals surface area contributed by atoms with Gasteiger partial charge in [0, 0.05) is 22.5 Å². The number of rotatable bonds is 4.